The van der Waals surface area contributed by atoms with E-state index in [2.05, 4.69) is 51.8 Å². The minimum absolute atomic E-state index is 0.151. The van der Waals surface area contributed by atoms with Gasteiger partial charge in [-0.15, -0.1) is 0 Å². The van der Waals surface area contributed by atoms with Gasteiger partial charge in [0.05, 0.1) is 29.4 Å². The van der Waals surface area contributed by atoms with Crippen LogP contribution in [-0.2, 0) is 0 Å². The van der Waals surface area contributed by atoms with Gasteiger partial charge in [0, 0.05) is 29.0 Å². The Bertz CT molecular complexity index is 1530. The van der Waals surface area contributed by atoms with Crippen molar-refractivity contribution in [1.29, 1.82) is 0 Å². The Morgan fingerprint density at radius 1 is 1.00 bits per heavy atom. The third kappa shape index (κ3) is 4.84. The van der Waals surface area contributed by atoms with Crippen LogP contribution >= 0.6 is 12.2 Å². The number of nitrogens with one attached hydrogen (secondary N) is 1. The average molecular weight is 553 g/mol. The van der Waals surface area contributed by atoms with Gasteiger partial charge >= 0.3 is 5.97 Å². The number of carboxylic acids is 1. The van der Waals surface area contributed by atoms with E-state index in [1.54, 1.807) is 12.1 Å². The molecule has 1 saturated heterocycles. The van der Waals surface area contributed by atoms with Crippen LogP contribution in [0.2, 0.25) is 0 Å². The molecular weight excluding hydrogens is 520 g/mol. The Hall–Kier alpha value is -4.17. The van der Waals surface area contributed by atoms with Crippen LogP contribution in [0.3, 0.4) is 0 Å². The van der Waals surface area contributed by atoms with E-state index in [9.17, 15) is 9.90 Å². The molecular formula is C32H32N4O3S. The zero-order valence-electron chi connectivity index (χ0n) is 22.6. The number of nitrogens with zero attached hydrogens (tertiary/aromatic N) is 3. The molecule has 40 heavy (non-hydrogen) atoms. The molecule has 3 heterocycles. The molecule has 2 aromatic carbocycles. The fraction of sp³-hybridized carbons (Fsp3) is 0.281. The number of aryl methyl sites for hydroxylation is 1. The highest BCUT2D eigenvalue weighted by Gasteiger charge is 2.42. The Kier molecular flexibility index (Phi) is 7.02. The van der Waals surface area contributed by atoms with Crippen molar-refractivity contribution in [3.8, 4) is 11.4 Å². The van der Waals surface area contributed by atoms with Gasteiger partial charge in [0.15, 0.2) is 5.11 Å². The van der Waals surface area contributed by atoms with Gasteiger partial charge in [-0.25, -0.2) is 4.79 Å². The molecule has 4 aromatic rings. The van der Waals surface area contributed by atoms with Gasteiger partial charge in [-0.2, -0.15) is 0 Å². The van der Waals surface area contributed by atoms with Gasteiger partial charge in [0.25, 0.3) is 0 Å². The summed E-state index contributed by atoms with van der Waals surface area (Å²) in [4.78, 5) is 18.3. The number of pyridine rings is 1. The summed E-state index contributed by atoms with van der Waals surface area (Å²) in [6.45, 7) is 4.17. The number of hydrogen-bond donors (Lipinski definition) is 2. The summed E-state index contributed by atoms with van der Waals surface area (Å²) in [5, 5.41) is 13.5. The molecule has 2 aliphatic rings. The second-order valence-electron chi connectivity index (χ2n) is 10.5. The van der Waals surface area contributed by atoms with E-state index in [1.807, 2.05) is 48.7 Å². The number of carbonyl (C=O) groups is 1. The van der Waals surface area contributed by atoms with E-state index in [1.165, 1.54) is 12.8 Å². The van der Waals surface area contributed by atoms with Crippen LogP contribution in [0, 0.1) is 13.8 Å². The maximum absolute atomic E-state index is 11.4. The first-order valence-corrected chi connectivity index (χ1v) is 14.1. The van der Waals surface area contributed by atoms with E-state index in [0.29, 0.717) is 11.2 Å². The predicted molar refractivity (Wildman–Crippen MR) is 159 cm³/mol. The minimum Gasteiger partial charge on any atom is -0.490 e. The summed E-state index contributed by atoms with van der Waals surface area (Å²) < 4.78 is 8.38. The number of aromatic nitrogens is 2. The Morgan fingerprint density at radius 2 is 1.70 bits per heavy atom. The molecule has 7 nitrogen and oxygen atoms in total. The van der Waals surface area contributed by atoms with E-state index < -0.39 is 5.97 Å². The first-order chi connectivity index (χ1) is 19.4. The number of hydrogen-bond acceptors (Lipinski definition) is 4. The average Bonchev–Trinajstić information content (AvgIpc) is 3.67. The molecule has 1 aliphatic heterocycles. The Labute approximate surface area is 239 Å². The first-order valence-electron chi connectivity index (χ1n) is 13.7. The highest BCUT2D eigenvalue weighted by molar-refractivity contribution is 7.80. The first kappa shape index (κ1) is 26.1. The predicted octanol–water partition coefficient (Wildman–Crippen LogP) is 6.69. The fourth-order valence-electron chi connectivity index (χ4n) is 6.07. The topological polar surface area (TPSA) is 79.6 Å². The normalized spacial score (nSPS) is 19.1. The standard InChI is InChI=1S/C32H32N4O3S/c1-20-19-27(21(2)35(20)23-12-10-22(11-13-23)31(37)38)30-29(28-9-5-6-18-33-28)34-32(40)36(30)24-14-16-26(17-15-24)39-25-7-3-4-8-25/h5-6,9-19,25,29-30H,3-4,7-8H2,1-2H3,(H,34,40)(H,37,38)/t29-,30+/m1/s1. The second kappa shape index (κ2) is 10.8. The lowest BCUT2D eigenvalue weighted by Crippen LogP contribution is -2.29. The van der Waals surface area contributed by atoms with Gasteiger partial charge < -0.3 is 24.6 Å². The molecule has 2 N–H and O–H groups in total. The van der Waals surface area contributed by atoms with Gasteiger partial charge in [-0.05, 0) is 124 Å². The number of aromatic carboxylic acids is 1. The van der Waals surface area contributed by atoms with Crippen LogP contribution in [0.1, 0.15) is 70.8 Å². The van der Waals surface area contributed by atoms with Crippen molar-refractivity contribution < 1.29 is 14.6 Å². The molecule has 2 atom stereocenters. The van der Waals surface area contributed by atoms with Crippen LogP contribution in [0.5, 0.6) is 5.75 Å². The van der Waals surface area contributed by atoms with Crippen molar-refractivity contribution in [2.24, 2.45) is 0 Å². The summed E-state index contributed by atoms with van der Waals surface area (Å²) in [5.41, 5.74) is 6.30. The van der Waals surface area contributed by atoms with Gasteiger partial charge in [-0.3, -0.25) is 4.98 Å². The lowest BCUT2D eigenvalue weighted by molar-refractivity contribution is 0.0697. The molecule has 8 heteroatoms. The molecule has 204 valence electrons. The zero-order valence-corrected chi connectivity index (χ0v) is 23.4. The minimum atomic E-state index is -0.938. The Morgan fingerprint density at radius 3 is 2.35 bits per heavy atom. The van der Waals surface area contributed by atoms with Crippen molar-refractivity contribution in [2.45, 2.75) is 57.7 Å². The molecule has 6 rings (SSSR count). The molecule has 2 aromatic heterocycles. The SMILES string of the molecule is Cc1cc([C@H]2[C@@H](c3ccccn3)NC(=S)N2c2ccc(OC3CCCC3)cc2)c(C)n1-c1ccc(C(=O)O)cc1. The third-order valence-corrected chi connectivity index (χ3v) is 8.29. The third-order valence-electron chi connectivity index (χ3n) is 7.98. The van der Waals surface area contributed by atoms with Crippen LogP contribution < -0.4 is 15.0 Å². The lowest BCUT2D eigenvalue weighted by Gasteiger charge is -2.28. The summed E-state index contributed by atoms with van der Waals surface area (Å²) in [6.07, 6.45) is 6.80. The van der Waals surface area contributed by atoms with Crippen LogP contribution in [0.25, 0.3) is 5.69 Å². The highest BCUT2D eigenvalue weighted by Crippen LogP contribution is 2.44. The number of carboxylic acid groups (broad SMARTS) is 1. The maximum Gasteiger partial charge on any atom is 0.335 e. The number of benzene rings is 2. The van der Waals surface area contributed by atoms with E-state index >= 15 is 0 Å². The van der Waals surface area contributed by atoms with Crippen molar-refractivity contribution in [3.05, 3.63) is 107 Å². The molecule has 1 saturated carbocycles. The van der Waals surface area contributed by atoms with Crippen LogP contribution in [0.15, 0.2) is 79.0 Å². The molecule has 0 unspecified atom stereocenters. The molecule has 0 bridgehead atoms. The summed E-state index contributed by atoms with van der Waals surface area (Å²) in [6, 6.07) is 23.0. The number of rotatable bonds is 7. The van der Waals surface area contributed by atoms with Crippen molar-refractivity contribution in [2.75, 3.05) is 4.90 Å². The summed E-state index contributed by atoms with van der Waals surface area (Å²) in [5.74, 6) is -0.0539. The number of anilines is 1. The maximum atomic E-state index is 11.4. The largest absolute Gasteiger partial charge is 0.490 e. The molecule has 0 spiro atoms. The smallest absolute Gasteiger partial charge is 0.335 e. The summed E-state index contributed by atoms with van der Waals surface area (Å²) >= 11 is 5.93. The van der Waals surface area contributed by atoms with Crippen LogP contribution in [-0.4, -0.2) is 31.8 Å². The fourth-order valence-corrected chi connectivity index (χ4v) is 6.42. The summed E-state index contributed by atoms with van der Waals surface area (Å²) in [7, 11) is 0. The quantitative estimate of drug-likeness (QED) is 0.247. The highest BCUT2D eigenvalue weighted by atomic mass is 32.1. The van der Waals surface area contributed by atoms with Crippen molar-refractivity contribution in [1.82, 2.24) is 14.9 Å². The monoisotopic (exact) mass is 552 g/mol. The Balaban J connectivity index is 1.40. The number of ether oxygens (including phenoxy) is 1. The zero-order chi connectivity index (χ0) is 27.8. The van der Waals surface area contributed by atoms with Gasteiger partial charge in [0.2, 0.25) is 0 Å². The second-order valence-corrected chi connectivity index (χ2v) is 10.9. The van der Waals surface area contributed by atoms with E-state index in [4.69, 9.17) is 17.0 Å². The lowest BCUT2D eigenvalue weighted by atomic mass is 9.96. The van der Waals surface area contributed by atoms with Crippen LogP contribution in [0.4, 0.5) is 5.69 Å². The molecule has 1 aliphatic carbocycles. The van der Waals surface area contributed by atoms with Crippen molar-refractivity contribution in [3.63, 3.8) is 0 Å². The molecule has 0 amide bonds. The van der Waals surface area contributed by atoms with E-state index in [0.717, 1.165) is 52.6 Å². The van der Waals surface area contributed by atoms with Crippen molar-refractivity contribution >= 4 is 29.0 Å². The van der Waals surface area contributed by atoms with E-state index in [-0.39, 0.29) is 17.6 Å². The molecule has 2 fully saturated rings. The van der Waals surface area contributed by atoms with Gasteiger partial charge in [0.1, 0.15) is 5.75 Å². The molecule has 0 radical (unpaired) electrons. The van der Waals surface area contributed by atoms with Gasteiger partial charge in [-0.1, -0.05) is 6.07 Å². The number of thiocarbonyl (C=S) groups is 1.